The summed E-state index contributed by atoms with van der Waals surface area (Å²) in [5.41, 5.74) is 2.79. The van der Waals surface area contributed by atoms with Gasteiger partial charge in [0.1, 0.15) is 11.5 Å². The summed E-state index contributed by atoms with van der Waals surface area (Å²) in [5.74, 6) is 0.229. The Balaban J connectivity index is 1.49. The summed E-state index contributed by atoms with van der Waals surface area (Å²) in [4.78, 5) is 14.0. The first-order chi connectivity index (χ1) is 14.3. The van der Waals surface area contributed by atoms with E-state index in [-0.39, 0.29) is 18.3 Å². The van der Waals surface area contributed by atoms with Gasteiger partial charge in [-0.1, -0.05) is 6.92 Å². The molecular weight excluding hydrogens is 401 g/mol. The van der Waals surface area contributed by atoms with Crippen LogP contribution in [0, 0.1) is 18.7 Å². The lowest BCUT2D eigenvalue weighted by Gasteiger charge is -2.28. The first kappa shape index (κ1) is 20.9. The van der Waals surface area contributed by atoms with Gasteiger partial charge in [-0.2, -0.15) is 5.10 Å². The van der Waals surface area contributed by atoms with E-state index in [0.29, 0.717) is 16.8 Å². The van der Waals surface area contributed by atoms with Crippen molar-refractivity contribution in [3.05, 3.63) is 47.2 Å². The minimum atomic E-state index is -0.343. The maximum Gasteiger partial charge on any atom is 0.268 e. The highest BCUT2D eigenvalue weighted by atomic mass is 32.2. The molecule has 0 unspecified atom stereocenters. The SMILES string of the molecule is Cc1c(SN2CCC(C)CC2)cc(C(=O)NCc2c(F)ccc3cnn(C)c23)n1C. The van der Waals surface area contributed by atoms with Crippen LogP contribution in [0.25, 0.3) is 10.9 Å². The van der Waals surface area contributed by atoms with Crippen LogP contribution in [0.5, 0.6) is 0 Å². The van der Waals surface area contributed by atoms with Crippen molar-refractivity contribution >= 4 is 28.8 Å². The highest BCUT2D eigenvalue weighted by Crippen LogP contribution is 2.32. The second-order valence-electron chi connectivity index (χ2n) is 8.16. The number of rotatable bonds is 5. The fraction of sp³-hybridized carbons (Fsp3) is 0.455. The van der Waals surface area contributed by atoms with E-state index in [1.165, 1.54) is 18.9 Å². The Kier molecular flexibility index (Phi) is 5.88. The molecule has 0 radical (unpaired) electrons. The fourth-order valence-electron chi connectivity index (χ4n) is 3.95. The predicted octanol–water partition coefficient (Wildman–Crippen LogP) is 4.03. The van der Waals surface area contributed by atoms with Crippen LogP contribution in [-0.4, -0.2) is 37.6 Å². The Hall–Kier alpha value is -2.32. The summed E-state index contributed by atoms with van der Waals surface area (Å²) in [5, 5.41) is 7.94. The monoisotopic (exact) mass is 429 g/mol. The number of benzene rings is 1. The lowest BCUT2D eigenvalue weighted by atomic mass is 10.0. The minimum Gasteiger partial charge on any atom is -0.346 e. The molecule has 2 aromatic heterocycles. The van der Waals surface area contributed by atoms with Crippen molar-refractivity contribution in [2.45, 2.75) is 38.1 Å². The van der Waals surface area contributed by atoms with Crippen LogP contribution < -0.4 is 5.32 Å². The van der Waals surface area contributed by atoms with Crippen LogP contribution in [0.3, 0.4) is 0 Å². The van der Waals surface area contributed by atoms with Crippen molar-refractivity contribution < 1.29 is 9.18 Å². The molecule has 3 aromatic rings. The molecule has 0 atom stereocenters. The number of amides is 1. The van der Waals surface area contributed by atoms with Gasteiger partial charge in [0, 0.05) is 55.3 Å². The predicted molar refractivity (Wildman–Crippen MR) is 118 cm³/mol. The molecule has 0 aliphatic carbocycles. The zero-order valence-corrected chi connectivity index (χ0v) is 18.7. The van der Waals surface area contributed by atoms with E-state index >= 15 is 0 Å². The number of aryl methyl sites for hydroxylation is 1. The normalized spacial score (nSPS) is 15.8. The summed E-state index contributed by atoms with van der Waals surface area (Å²) >= 11 is 1.73. The molecule has 1 saturated heterocycles. The molecular formula is C22H28FN5OS. The molecule has 1 aliphatic rings. The molecule has 0 saturated carbocycles. The van der Waals surface area contributed by atoms with E-state index < -0.39 is 0 Å². The number of hydrogen-bond acceptors (Lipinski definition) is 4. The minimum absolute atomic E-state index is 0.109. The fourth-order valence-corrected chi connectivity index (χ4v) is 5.05. The number of nitrogens with zero attached hydrogens (tertiary/aromatic N) is 4. The van der Waals surface area contributed by atoms with E-state index in [2.05, 4.69) is 21.6 Å². The number of nitrogens with one attached hydrogen (secondary N) is 1. The third kappa shape index (κ3) is 3.98. The Bertz CT molecular complexity index is 1080. The molecule has 1 fully saturated rings. The first-order valence-electron chi connectivity index (χ1n) is 10.3. The van der Waals surface area contributed by atoms with E-state index in [9.17, 15) is 9.18 Å². The van der Waals surface area contributed by atoms with Gasteiger partial charge in [-0.3, -0.25) is 9.48 Å². The lowest BCUT2D eigenvalue weighted by molar-refractivity contribution is 0.0942. The molecule has 1 aliphatic heterocycles. The quantitative estimate of drug-likeness (QED) is 0.622. The molecule has 0 spiro atoms. The maximum atomic E-state index is 14.5. The molecule has 160 valence electrons. The van der Waals surface area contributed by atoms with E-state index in [0.717, 1.165) is 35.0 Å². The number of halogens is 1. The highest BCUT2D eigenvalue weighted by molar-refractivity contribution is 7.97. The van der Waals surface area contributed by atoms with E-state index in [1.807, 2.05) is 24.6 Å². The molecule has 6 nitrogen and oxygen atoms in total. The van der Waals surface area contributed by atoms with Crippen LogP contribution in [0.2, 0.25) is 0 Å². The van der Waals surface area contributed by atoms with Crippen molar-refractivity contribution in [1.29, 1.82) is 0 Å². The van der Waals surface area contributed by atoms with Gasteiger partial charge in [0.25, 0.3) is 5.91 Å². The first-order valence-corrected chi connectivity index (χ1v) is 11.1. The Morgan fingerprint density at radius 3 is 2.77 bits per heavy atom. The molecule has 1 amide bonds. The molecule has 1 aromatic carbocycles. The Morgan fingerprint density at radius 1 is 1.30 bits per heavy atom. The van der Waals surface area contributed by atoms with E-state index in [4.69, 9.17) is 0 Å². The number of fused-ring (bicyclic) bond motifs is 1. The van der Waals surface area contributed by atoms with Gasteiger partial charge in [-0.05, 0) is 55.8 Å². The Morgan fingerprint density at radius 2 is 2.03 bits per heavy atom. The molecule has 1 N–H and O–H groups in total. The van der Waals surface area contributed by atoms with Crippen molar-refractivity contribution in [1.82, 2.24) is 24.0 Å². The van der Waals surface area contributed by atoms with Gasteiger partial charge in [-0.15, -0.1) is 0 Å². The van der Waals surface area contributed by atoms with E-state index in [1.54, 1.807) is 35.9 Å². The average Bonchev–Trinajstić information content (AvgIpc) is 3.24. The third-order valence-electron chi connectivity index (χ3n) is 6.07. The van der Waals surface area contributed by atoms with Gasteiger partial charge >= 0.3 is 0 Å². The maximum absolute atomic E-state index is 14.5. The second kappa shape index (κ2) is 8.43. The summed E-state index contributed by atoms with van der Waals surface area (Å²) in [6, 6.07) is 5.06. The Labute approximate surface area is 180 Å². The van der Waals surface area contributed by atoms with Gasteiger partial charge in [0.15, 0.2) is 0 Å². The second-order valence-corrected chi connectivity index (χ2v) is 9.29. The molecule has 30 heavy (non-hydrogen) atoms. The van der Waals surface area contributed by atoms with Crippen LogP contribution in [-0.2, 0) is 20.6 Å². The van der Waals surface area contributed by atoms with Gasteiger partial charge in [-0.25, -0.2) is 8.70 Å². The third-order valence-corrected chi connectivity index (χ3v) is 7.30. The molecule has 4 rings (SSSR count). The summed E-state index contributed by atoms with van der Waals surface area (Å²) < 4.78 is 20.4. The lowest BCUT2D eigenvalue weighted by Crippen LogP contribution is -2.27. The number of hydrogen-bond donors (Lipinski definition) is 1. The highest BCUT2D eigenvalue weighted by Gasteiger charge is 2.21. The van der Waals surface area contributed by atoms with Crippen LogP contribution in [0.4, 0.5) is 4.39 Å². The van der Waals surface area contributed by atoms with Crippen LogP contribution in [0.1, 0.15) is 41.5 Å². The molecule has 3 heterocycles. The molecule has 0 bridgehead atoms. The smallest absolute Gasteiger partial charge is 0.268 e. The van der Waals surface area contributed by atoms with Crippen molar-refractivity contribution in [3.8, 4) is 0 Å². The summed E-state index contributed by atoms with van der Waals surface area (Å²) in [7, 11) is 3.67. The van der Waals surface area contributed by atoms with Crippen molar-refractivity contribution in [2.24, 2.45) is 20.0 Å². The van der Waals surface area contributed by atoms with Crippen molar-refractivity contribution in [2.75, 3.05) is 13.1 Å². The number of aromatic nitrogens is 3. The van der Waals surface area contributed by atoms with Crippen LogP contribution in [0.15, 0.2) is 29.3 Å². The summed E-state index contributed by atoms with van der Waals surface area (Å²) in [6.07, 6.45) is 4.11. The van der Waals surface area contributed by atoms with Gasteiger partial charge in [0.05, 0.1) is 11.7 Å². The standard InChI is InChI=1S/C22H28FN5OS/c1-14-7-9-28(10-8-14)30-20-11-19(26(3)15(20)2)22(29)24-13-17-18(23)6-5-16-12-25-27(4)21(16)17/h5-6,11-12,14H,7-10,13H2,1-4H3,(H,24,29). The molecule has 8 heteroatoms. The van der Waals surface area contributed by atoms with Crippen molar-refractivity contribution in [3.63, 3.8) is 0 Å². The average molecular weight is 430 g/mol. The van der Waals surface area contributed by atoms with Crippen LogP contribution >= 0.6 is 11.9 Å². The zero-order valence-electron chi connectivity index (χ0n) is 17.9. The number of carbonyl (C=O) groups excluding carboxylic acids is 1. The zero-order chi connectivity index (χ0) is 21.4. The van der Waals surface area contributed by atoms with Gasteiger partial charge in [0.2, 0.25) is 0 Å². The topological polar surface area (TPSA) is 55.1 Å². The number of piperidine rings is 1. The largest absolute Gasteiger partial charge is 0.346 e. The summed E-state index contributed by atoms with van der Waals surface area (Å²) in [6.45, 7) is 6.57. The van der Waals surface area contributed by atoms with Gasteiger partial charge < -0.3 is 9.88 Å². The number of carbonyl (C=O) groups is 1.